The zero-order valence-electron chi connectivity index (χ0n) is 11.4. The first-order valence-corrected chi connectivity index (χ1v) is 7.29. The van der Waals surface area contributed by atoms with Crippen LogP contribution in [0.5, 0.6) is 5.75 Å². The van der Waals surface area contributed by atoms with Crippen LogP contribution in [-0.4, -0.2) is 36.1 Å². The average molecular weight is 332 g/mol. The maximum Gasteiger partial charge on any atom is 0.126 e. The number of rotatable bonds is 8. The first kappa shape index (κ1) is 16.4. The summed E-state index contributed by atoms with van der Waals surface area (Å²) in [5.41, 5.74) is 2.05. The molecule has 1 rings (SSSR count). The Balaban J connectivity index is 2.80. The molecule has 3 N–H and O–H groups in total. The van der Waals surface area contributed by atoms with Crippen molar-refractivity contribution in [3.05, 3.63) is 27.7 Å². The van der Waals surface area contributed by atoms with E-state index >= 15 is 0 Å². The Kier molecular flexibility index (Phi) is 7.38. The van der Waals surface area contributed by atoms with E-state index in [1.54, 1.807) is 0 Å². The van der Waals surface area contributed by atoms with Gasteiger partial charge in [-0.05, 0) is 37.6 Å². The van der Waals surface area contributed by atoms with E-state index in [4.69, 9.17) is 9.84 Å². The minimum atomic E-state index is -0.848. The Morgan fingerprint density at radius 3 is 2.79 bits per heavy atom. The second-order valence-electron chi connectivity index (χ2n) is 4.54. The zero-order chi connectivity index (χ0) is 14.3. The first-order valence-electron chi connectivity index (χ1n) is 6.50. The van der Waals surface area contributed by atoms with Crippen LogP contribution in [0, 0.1) is 6.92 Å². The summed E-state index contributed by atoms with van der Waals surface area (Å²) in [5, 5.41) is 21.5. The molecule has 0 spiro atoms. The van der Waals surface area contributed by atoms with Crippen LogP contribution >= 0.6 is 15.9 Å². The van der Waals surface area contributed by atoms with Crippen molar-refractivity contribution < 1.29 is 14.9 Å². The number of aliphatic hydroxyl groups is 2. The van der Waals surface area contributed by atoms with Crippen molar-refractivity contribution in [2.24, 2.45) is 0 Å². The van der Waals surface area contributed by atoms with Gasteiger partial charge in [0, 0.05) is 16.6 Å². The van der Waals surface area contributed by atoms with Crippen LogP contribution in [0.3, 0.4) is 0 Å². The van der Waals surface area contributed by atoms with Crippen LogP contribution in [0.25, 0.3) is 0 Å². The normalized spacial score (nSPS) is 12.5. The van der Waals surface area contributed by atoms with Crippen LogP contribution in [0.15, 0.2) is 16.6 Å². The van der Waals surface area contributed by atoms with Crippen LogP contribution in [0.4, 0.5) is 0 Å². The van der Waals surface area contributed by atoms with E-state index in [0.29, 0.717) is 0 Å². The minimum absolute atomic E-state index is 0.0970. The highest BCUT2D eigenvalue weighted by atomic mass is 79.9. The molecule has 4 nitrogen and oxygen atoms in total. The molecule has 1 unspecified atom stereocenters. The lowest BCUT2D eigenvalue weighted by molar-refractivity contribution is 0.0530. The lowest BCUT2D eigenvalue weighted by Crippen LogP contribution is -2.22. The lowest BCUT2D eigenvalue weighted by atomic mass is 10.1. The van der Waals surface area contributed by atoms with E-state index < -0.39 is 6.10 Å². The monoisotopic (exact) mass is 331 g/mol. The molecule has 5 heteroatoms. The van der Waals surface area contributed by atoms with Gasteiger partial charge in [-0.2, -0.15) is 0 Å². The average Bonchev–Trinajstić information content (AvgIpc) is 2.37. The van der Waals surface area contributed by atoms with Crippen molar-refractivity contribution in [1.29, 1.82) is 0 Å². The third kappa shape index (κ3) is 5.48. The van der Waals surface area contributed by atoms with Crippen molar-refractivity contribution >= 4 is 15.9 Å². The molecule has 0 amide bonds. The van der Waals surface area contributed by atoms with E-state index in [2.05, 4.69) is 28.2 Å². The fraction of sp³-hybridized carbons (Fsp3) is 0.571. The largest absolute Gasteiger partial charge is 0.490 e. The van der Waals surface area contributed by atoms with Gasteiger partial charge in [-0.1, -0.05) is 22.9 Å². The number of halogens is 1. The highest BCUT2D eigenvalue weighted by Crippen LogP contribution is 2.28. The standard InChI is InChI=1S/C14H22BrNO3/c1-3-4-16-7-11-6-12(15)5-10(2)14(11)19-9-13(18)8-17/h5-6,13,16-18H,3-4,7-9H2,1-2H3. The summed E-state index contributed by atoms with van der Waals surface area (Å²) in [7, 11) is 0. The lowest BCUT2D eigenvalue weighted by Gasteiger charge is -2.17. The van der Waals surface area contributed by atoms with Crippen LogP contribution in [-0.2, 0) is 6.54 Å². The molecule has 1 aromatic rings. The molecule has 0 aliphatic carbocycles. The molecule has 19 heavy (non-hydrogen) atoms. The molecule has 0 saturated carbocycles. The zero-order valence-corrected chi connectivity index (χ0v) is 13.0. The number of aryl methyl sites for hydroxylation is 1. The summed E-state index contributed by atoms with van der Waals surface area (Å²) < 4.78 is 6.64. The van der Waals surface area contributed by atoms with Gasteiger partial charge in [0.2, 0.25) is 0 Å². The summed E-state index contributed by atoms with van der Waals surface area (Å²) in [4.78, 5) is 0. The molecule has 1 aromatic carbocycles. The minimum Gasteiger partial charge on any atom is -0.490 e. The van der Waals surface area contributed by atoms with Gasteiger partial charge in [-0.15, -0.1) is 0 Å². The topological polar surface area (TPSA) is 61.7 Å². The predicted molar refractivity (Wildman–Crippen MR) is 79.5 cm³/mol. The molecule has 0 radical (unpaired) electrons. The van der Waals surface area contributed by atoms with E-state index in [1.807, 2.05) is 19.1 Å². The van der Waals surface area contributed by atoms with Gasteiger partial charge >= 0.3 is 0 Å². The van der Waals surface area contributed by atoms with Crippen LogP contribution in [0.2, 0.25) is 0 Å². The summed E-state index contributed by atoms with van der Waals surface area (Å²) >= 11 is 3.48. The van der Waals surface area contributed by atoms with Gasteiger partial charge in [0.25, 0.3) is 0 Å². The van der Waals surface area contributed by atoms with E-state index in [-0.39, 0.29) is 13.2 Å². The number of aliphatic hydroxyl groups excluding tert-OH is 2. The molecule has 0 fully saturated rings. The summed E-state index contributed by atoms with van der Waals surface area (Å²) in [6, 6.07) is 3.99. The van der Waals surface area contributed by atoms with Gasteiger partial charge in [0.1, 0.15) is 18.5 Å². The Morgan fingerprint density at radius 2 is 2.16 bits per heavy atom. The molecule has 108 valence electrons. The molecular weight excluding hydrogens is 310 g/mol. The van der Waals surface area contributed by atoms with Gasteiger partial charge in [0.15, 0.2) is 0 Å². The fourth-order valence-electron chi connectivity index (χ4n) is 1.77. The third-order valence-corrected chi connectivity index (χ3v) is 3.15. The number of hydrogen-bond acceptors (Lipinski definition) is 4. The second-order valence-corrected chi connectivity index (χ2v) is 5.45. The highest BCUT2D eigenvalue weighted by molar-refractivity contribution is 9.10. The van der Waals surface area contributed by atoms with Gasteiger partial charge < -0.3 is 20.3 Å². The van der Waals surface area contributed by atoms with Crippen molar-refractivity contribution in [3.8, 4) is 5.75 Å². The summed E-state index contributed by atoms with van der Waals surface area (Å²) in [5.74, 6) is 0.777. The fourth-order valence-corrected chi connectivity index (χ4v) is 2.39. The van der Waals surface area contributed by atoms with Crippen molar-refractivity contribution in [3.63, 3.8) is 0 Å². The van der Waals surface area contributed by atoms with Gasteiger partial charge in [-0.3, -0.25) is 0 Å². The van der Waals surface area contributed by atoms with E-state index in [0.717, 1.165) is 40.9 Å². The summed E-state index contributed by atoms with van der Waals surface area (Å²) in [6.45, 7) is 5.56. The third-order valence-electron chi connectivity index (χ3n) is 2.69. The highest BCUT2D eigenvalue weighted by Gasteiger charge is 2.11. The van der Waals surface area contributed by atoms with Crippen LogP contribution < -0.4 is 10.1 Å². The number of hydrogen-bond donors (Lipinski definition) is 3. The Morgan fingerprint density at radius 1 is 1.42 bits per heavy atom. The number of ether oxygens (including phenoxy) is 1. The van der Waals surface area contributed by atoms with Gasteiger partial charge in [-0.25, -0.2) is 0 Å². The second kappa shape index (κ2) is 8.53. The SMILES string of the molecule is CCCNCc1cc(Br)cc(C)c1OCC(O)CO. The van der Waals surface area contributed by atoms with Crippen LogP contribution in [0.1, 0.15) is 24.5 Å². The first-order chi connectivity index (χ1) is 9.08. The maximum absolute atomic E-state index is 9.37. The van der Waals surface area contributed by atoms with E-state index in [1.165, 1.54) is 0 Å². The smallest absolute Gasteiger partial charge is 0.126 e. The molecule has 0 aliphatic rings. The molecule has 0 aromatic heterocycles. The van der Waals surface area contributed by atoms with E-state index in [9.17, 15) is 5.11 Å². The number of nitrogens with one attached hydrogen (secondary N) is 1. The Bertz CT molecular complexity index is 399. The Hall–Kier alpha value is -0.620. The molecule has 0 saturated heterocycles. The molecule has 0 heterocycles. The molecule has 0 aliphatic heterocycles. The number of benzene rings is 1. The van der Waals surface area contributed by atoms with Gasteiger partial charge in [0.05, 0.1) is 6.61 Å². The Labute approximate surface area is 122 Å². The quantitative estimate of drug-likeness (QED) is 0.637. The van der Waals surface area contributed by atoms with Crippen molar-refractivity contribution in [2.45, 2.75) is 32.9 Å². The summed E-state index contributed by atoms with van der Waals surface area (Å²) in [6.07, 6.45) is 0.228. The molecule has 1 atom stereocenters. The molecular formula is C14H22BrNO3. The predicted octanol–water partition coefficient (Wildman–Crippen LogP) is 1.99. The maximum atomic E-state index is 9.37. The van der Waals surface area contributed by atoms with Crippen molar-refractivity contribution in [2.75, 3.05) is 19.8 Å². The molecule has 0 bridgehead atoms. The van der Waals surface area contributed by atoms with Crippen molar-refractivity contribution in [1.82, 2.24) is 5.32 Å².